The number of esters is 1. The normalized spacial score (nSPS) is 9.76. The van der Waals surface area contributed by atoms with Gasteiger partial charge in [-0.25, -0.2) is 9.97 Å². The number of rotatable bonds is 6. The van der Waals surface area contributed by atoms with E-state index in [-0.39, 0.29) is 29.9 Å². The molecule has 0 N–H and O–H groups in total. The van der Waals surface area contributed by atoms with E-state index in [2.05, 4.69) is 15.1 Å². The van der Waals surface area contributed by atoms with Crippen molar-refractivity contribution < 1.29 is 38.2 Å². The summed E-state index contributed by atoms with van der Waals surface area (Å²) in [6, 6.07) is 3.67. The number of thioether (sulfide) groups is 1. The van der Waals surface area contributed by atoms with Gasteiger partial charge in [-0.05, 0) is 18.1 Å². The van der Waals surface area contributed by atoms with E-state index in [1.54, 1.807) is 36.3 Å². The van der Waals surface area contributed by atoms with Crippen LogP contribution in [0.3, 0.4) is 0 Å². The van der Waals surface area contributed by atoms with Gasteiger partial charge in [0.1, 0.15) is 6.20 Å². The van der Waals surface area contributed by atoms with E-state index in [0.29, 0.717) is 24.1 Å². The summed E-state index contributed by atoms with van der Waals surface area (Å²) in [5, 5.41) is 4.26. The molecule has 0 fully saturated rings. The molecule has 0 unspecified atom stereocenters. The van der Waals surface area contributed by atoms with Gasteiger partial charge >= 0.3 is 5.97 Å². The molecule has 112 valence electrons. The van der Waals surface area contributed by atoms with E-state index < -0.39 is 0 Å². The third-order valence-corrected chi connectivity index (χ3v) is 3.23. The predicted molar refractivity (Wildman–Crippen MR) is 74.5 cm³/mol. The average molecular weight is 418 g/mol. The third kappa shape index (κ3) is 5.92. The van der Waals surface area contributed by atoms with Gasteiger partial charge in [0.2, 0.25) is 5.88 Å². The van der Waals surface area contributed by atoms with Crippen molar-refractivity contribution in [3.63, 3.8) is 0 Å². The van der Waals surface area contributed by atoms with Gasteiger partial charge in [-0.1, -0.05) is 16.4 Å². The molecule has 2 heterocycles. The predicted octanol–water partition coefficient (Wildman–Crippen LogP) is -1.92. The maximum atomic E-state index is 11.2. The highest BCUT2D eigenvalue weighted by Gasteiger charge is 2.08. The monoisotopic (exact) mass is 418 g/mol. The topological polar surface area (TPSA) is 68.8 Å². The van der Waals surface area contributed by atoms with E-state index >= 15 is 0 Å². The molecule has 2 rings (SSSR count). The van der Waals surface area contributed by atoms with Gasteiger partial charge in [-0.3, -0.25) is 4.79 Å². The van der Waals surface area contributed by atoms with Gasteiger partial charge in [0.15, 0.2) is 12.0 Å². The minimum atomic E-state index is -0.201. The summed E-state index contributed by atoms with van der Waals surface area (Å²) in [6.45, 7) is 2.21. The van der Waals surface area contributed by atoms with E-state index in [4.69, 9.17) is 4.74 Å². The Labute approximate surface area is 144 Å². The smallest absolute Gasteiger partial charge is 0.316 e. The second kappa shape index (κ2) is 9.61. The summed E-state index contributed by atoms with van der Waals surface area (Å²) >= 11 is 1.45. The highest BCUT2D eigenvalue weighted by Crippen LogP contribution is 2.09. The van der Waals surface area contributed by atoms with E-state index in [1.165, 1.54) is 11.8 Å². The van der Waals surface area contributed by atoms with Crippen molar-refractivity contribution in [3.8, 4) is 11.4 Å². The Hall–Kier alpha value is -1.29. The molecule has 0 saturated carbocycles. The van der Waals surface area contributed by atoms with Crippen molar-refractivity contribution in [2.45, 2.75) is 12.8 Å². The number of ether oxygens (including phenoxy) is 1. The third-order valence-electron chi connectivity index (χ3n) is 2.34. The molecular weight excluding hydrogens is 403 g/mol. The minimum Gasteiger partial charge on any atom is -1.00 e. The van der Waals surface area contributed by atoms with Gasteiger partial charge in [-0.15, -0.1) is 0 Å². The van der Waals surface area contributed by atoms with Crippen LogP contribution in [0.25, 0.3) is 11.4 Å². The highest BCUT2D eigenvalue weighted by atomic mass is 127. The Morgan fingerprint density at radius 1 is 1.38 bits per heavy atom. The number of nitrogens with zero attached hydrogens (tertiary/aromatic N) is 4. The quantitative estimate of drug-likeness (QED) is 0.310. The molecule has 0 aliphatic rings. The van der Waals surface area contributed by atoms with Crippen molar-refractivity contribution in [2.24, 2.45) is 0 Å². The maximum Gasteiger partial charge on any atom is 0.316 e. The molecule has 6 nitrogen and oxygen atoms in total. The van der Waals surface area contributed by atoms with Crippen LogP contribution >= 0.6 is 11.8 Å². The highest BCUT2D eigenvalue weighted by molar-refractivity contribution is 7.98. The van der Waals surface area contributed by atoms with E-state index in [9.17, 15) is 4.79 Å². The number of hydrogen-bond donors (Lipinski definition) is 0. The van der Waals surface area contributed by atoms with Gasteiger partial charge < -0.3 is 28.7 Å². The fraction of sp³-hybridized carbons (Fsp3) is 0.308. The Morgan fingerprint density at radius 2 is 2.14 bits per heavy atom. The van der Waals surface area contributed by atoms with Crippen LogP contribution in [-0.4, -0.2) is 33.4 Å². The van der Waals surface area contributed by atoms with Crippen LogP contribution in [-0.2, 0) is 15.4 Å². The molecule has 0 aliphatic heterocycles. The summed E-state index contributed by atoms with van der Waals surface area (Å²) in [5.74, 6) is 1.36. The fourth-order valence-electron chi connectivity index (χ4n) is 1.47. The first-order chi connectivity index (χ1) is 9.79. The van der Waals surface area contributed by atoms with Crippen LogP contribution in [0.2, 0.25) is 0 Å². The molecule has 0 aliphatic carbocycles. The second-order valence-electron chi connectivity index (χ2n) is 3.81. The van der Waals surface area contributed by atoms with Crippen LogP contribution in [0.15, 0.2) is 36.9 Å². The summed E-state index contributed by atoms with van der Waals surface area (Å²) < 4.78 is 6.60. The van der Waals surface area contributed by atoms with Crippen LogP contribution in [0.1, 0.15) is 6.92 Å². The van der Waals surface area contributed by atoms with Gasteiger partial charge in [0, 0.05) is 24.0 Å². The molecule has 0 saturated heterocycles. The molecule has 0 aromatic carbocycles. The molecule has 0 spiro atoms. The average Bonchev–Trinajstić information content (AvgIpc) is 2.49. The zero-order chi connectivity index (χ0) is 14.2. The molecule has 0 radical (unpaired) electrons. The molecule has 8 heteroatoms. The first kappa shape index (κ1) is 17.8. The van der Waals surface area contributed by atoms with Crippen LogP contribution in [0, 0.1) is 0 Å². The number of carbonyl (C=O) groups excluding carboxylic acids is 1. The molecule has 0 bridgehead atoms. The number of aromatic nitrogens is 4. The first-order valence-corrected chi connectivity index (χ1v) is 7.31. The number of hydrogen-bond acceptors (Lipinski definition) is 6. The van der Waals surface area contributed by atoms with Crippen LogP contribution in [0.5, 0.6) is 0 Å². The van der Waals surface area contributed by atoms with Crippen molar-refractivity contribution >= 4 is 17.7 Å². The fourth-order valence-corrected chi connectivity index (χ4v) is 2.15. The zero-order valence-electron chi connectivity index (χ0n) is 11.5. The maximum absolute atomic E-state index is 11.2. The summed E-state index contributed by atoms with van der Waals surface area (Å²) in [7, 11) is 0. The number of carbonyl (C=O) groups is 1. The summed E-state index contributed by atoms with van der Waals surface area (Å²) in [5.41, 5.74) is 0.859. The Bertz CT molecular complexity index is 554. The van der Waals surface area contributed by atoms with Crippen LogP contribution in [0.4, 0.5) is 0 Å². The molecule has 2 aromatic heterocycles. The lowest BCUT2D eigenvalue weighted by atomic mass is 10.3. The molecule has 2 aromatic rings. The lowest BCUT2D eigenvalue weighted by molar-refractivity contribution is -0.734. The largest absolute Gasteiger partial charge is 1.00 e. The first-order valence-electron chi connectivity index (χ1n) is 6.16. The summed E-state index contributed by atoms with van der Waals surface area (Å²) in [4.78, 5) is 19.5. The molecule has 0 amide bonds. The van der Waals surface area contributed by atoms with Gasteiger partial charge in [0.25, 0.3) is 0 Å². The Balaban J connectivity index is 0.00000220. The van der Waals surface area contributed by atoms with Crippen molar-refractivity contribution in [2.75, 3.05) is 12.4 Å². The number of halogens is 1. The summed E-state index contributed by atoms with van der Waals surface area (Å²) in [6.07, 6.45) is 6.93. The van der Waals surface area contributed by atoms with E-state index in [1.807, 2.05) is 12.3 Å². The minimum absolute atomic E-state index is 0. The van der Waals surface area contributed by atoms with Crippen molar-refractivity contribution in [3.05, 3.63) is 36.9 Å². The molecular formula is C13H15IN4O2S. The standard InChI is InChI=1S/C13H15N4O2S.HI/c1-2-19-12(18)9-20-10-17-7-4-11(8-16-17)13-14-5-3-6-15-13;/h3-8H,2,9-10H2,1H3;1H/q+1;/p-1. The van der Waals surface area contributed by atoms with Gasteiger partial charge in [-0.2, -0.15) is 0 Å². The van der Waals surface area contributed by atoms with Crippen molar-refractivity contribution in [1.29, 1.82) is 0 Å². The van der Waals surface area contributed by atoms with Crippen LogP contribution < -0.4 is 28.7 Å². The van der Waals surface area contributed by atoms with E-state index in [0.717, 1.165) is 5.56 Å². The second-order valence-corrected chi connectivity index (χ2v) is 4.77. The SMILES string of the molecule is CCOC(=O)CSC[n+]1ccc(-c2ncccn2)cn1.[I-]. The zero-order valence-corrected chi connectivity index (χ0v) is 14.5. The Morgan fingerprint density at radius 3 is 2.76 bits per heavy atom. The molecule has 0 atom stereocenters. The van der Waals surface area contributed by atoms with Gasteiger partial charge in [0.05, 0.1) is 12.4 Å². The lowest BCUT2D eigenvalue weighted by Crippen LogP contribution is -3.00. The lowest BCUT2D eigenvalue weighted by Gasteiger charge is -1.99. The Kier molecular flexibility index (Phi) is 8.13. The molecule has 21 heavy (non-hydrogen) atoms. The van der Waals surface area contributed by atoms with Crippen molar-refractivity contribution in [1.82, 2.24) is 15.1 Å².